The first kappa shape index (κ1) is 18.5. The summed E-state index contributed by atoms with van der Waals surface area (Å²) in [5.41, 5.74) is 2.11. The highest BCUT2D eigenvalue weighted by Crippen LogP contribution is 2.34. The molecule has 0 fully saturated rings. The second kappa shape index (κ2) is 6.95. The van der Waals surface area contributed by atoms with Gasteiger partial charge in [0.2, 0.25) is 9.84 Å². The molecule has 1 aliphatic rings. The van der Waals surface area contributed by atoms with Crippen molar-refractivity contribution in [3.63, 3.8) is 0 Å². The summed E-state index contributed by atoms with van der Waals surface area (Å²) < 4.78 is 33.8. The van der Waals surface area contributed by atoms with Gasteiger partial charge in [-0.25, -0.2) is 8.42 Å². The number of benzene rings is 2. The Hall–Kier alpha value is -2.86. The first-order chi connectivity index (χ1) is 13.4. The molecule has 3 aromatic rings. The van der Waals surface area contributed by atoms with Crippen molar-refractivity contribution in [2.75, 3.05) is 7.11 Å². The maximum atomic E-state index is 13.5. The fourth-order valence-corrected chi connectivity index (χ4v) is 5.71. The minimum absolute atomic E-state index is 0.137. The number of sulfone groups is 1. The predicted molar refractivity (Wildman–Crippen MR) is 108 cm³/mol. The van der Waals surface area contributed by atoms with E-state index >= 15 is 0 Å². The molecule has 0 spiro atoms. The van der Waals surface area contributed by atoms with Crippen molar-refractivity contribution in [2.24, 2.45) is 0 Å². The summed E-state index contributed by atoms with van der Waals surface area (Å²) in [5.74, 6) is 0.680. The Morgan fingerprint density at radius 2 is 1.68 bits per heavy atom. The lowest BCUT2D eigenvalue weighted by atomic mass is 10.0. The molecular formula is C22H21NO4S. The van der Waals surface area contributed by atoms with Gasteiger partial charge in [-0.15, -0.1) is 0 Å². The van der Waals surface area contributed by atoms with E-state index in [1.807, 2.05) is 0 Å². The van der Waals surface area contributed by atoms with Crippen LogP contribution in [-0.4, -0.2) is 20.1 Å². The summed E-state index contributed by atoms with van der Waals surface area (Å²) >= 11 is 0. The number of fused-ring (bicyclic) bond motifs is 1. The van der Waals surface area contributed by atoms with Gasteiger partial charge in [-0.3, -0.25) is 4.79 Å². The van der Waals surface area contributed by atoms with Crippen LogP contribution in [0.4, 0.5) is 0 Å². The quantitative estimate of drug-likeness (QED) is 0.677. The largest absolute Gasteiger partial charge is 0.497 e. The lowest BCUT2D eigenvalue weighted by Crippen LogP contribution is -2.26. The molecule has 0 N–H and O–H groups in total. The van der Waals surface area contributed by atoms with Gasteiger partial charge in [-0.05, 0) is 55.2 Å². The monoisotopic (exact) mass is 395 g/mol. The van der Waals surface area contributed by atoms with Crippen LogP contribution in [0.2, 0.25) is 0 Å². The summed E-state index contributed by atoms with van der Waals surface area (Å²) in [4.78, 5) is 13.7. The van der Waals surface area contributed by atoms with E-state index < -0.39 is 9.84 Å². The topological polar surface area (TPSA) is 65.4 Å². The van der Waals surface area contributed by atoms with Crippen molar-refractivity contribution in [3.05, 3.63) is 76.2 Å². The molecular weight excluding hydrogens is 374 g/mol. The van der Waals surface area contributed by atoms with Crippen LogP contribution in [0.5, 0.6) is 5.75 Å². The van der Waals surface area contributed by atoms with E-state index in [0.717, 1.165) is 6.42 Å². The minimum Gasteiger partial charge on any atom is -0.497 e. The van der Waals surface area contributed by atoms with Gasteiger partial charge in [-0.2, -0.15) is 0 Å². The second-order valence-electron chi connectivity index (χ2n) is 6.88. The normalized spacial score (nSPS) is 13.4. The Labute approximate surface area is 164 Å². The maximum absolute atomic E-state index is 13.5. The van der Waals surface area contributed by atoms with Crippen LogP contribution in [0, 0.1) is 6.92 Å². The van der Waals surface area contributed by atoms with Gasteiger partial charge in [-0.1, -0.05) is 30.3 Å². The SMILES string of the molecule is COc1ccc(-c2c(C)c(S(=O)(=O)c3ccccc3)c3n(c2=O)CCC3)cc1. The van der Waals surface area contributed by atoms with Crippen molar-refractivity contribution >= 4 is 9.84 Å². The predicted octanol–water partition coefficient (Wildman–Crippen LogP) is 3.61. The van der Waals surface area contributed by atoms with Gasteiger partial charge in [0.15, 0.2) is 0 Å². The lowest BCUT2D eigenvalue weighted by molar-refractivity contribution is 0.415. The third kappa shape index (κ3) is 2.85. The standard InChI is InChI=1S/C22H21NO4S/c1-15-20(16-10-12-17(27-2)13-11-16)22(24)23-14-6-9-19(23)21(15)28(25,26)18-7-4-3-5-8-18/h3-5,7-8,10-13H,6,9,14H2,1-2H3. The molecule has 2 aromatic carbocycles. The Bertz CT molecular complexity index is 1190. The number of rotatable bonds is 4. The van der Waals surface area contributed by atoms with Crippen LogP contribution in [0.3, 0.4) is 0 Å². The fraction of sp³-hybridized carbons (Fsp3) is 0.227. The van der Waals surface area contributed by atoms with E-state index in [2.05, 4.69) is 0 Å². The van der Waals surface area contributed by atoms with Gasteiger partial charge in [0.05, 0.1) is 22.5 Å². The van der Waals surface area contributed by atoms with E-state index in [9.17, 15) is 13.2 Å². The number of aromatic nitrogens is 1. The first-order valence-corrected chi connectivity index (χ1v) is 10.6. The number of hydrogen-bond acceptors (Lipinski definition) is 4. The molecule has 1 aliphatic heterocycles. The number of pyridine rings is 1. The Morgan fingerprint density at radius 1 is 1.00 bits per heavy atom. The highest BCUT2D eigenvalue weighted by atomic mass is 32.2. The van der Waals surface area contributed by atoms with Gasteiger partial charge in [0.1, 0.15) is 5.75 Å². The number of ether oxygens (including phenoxy) is 1. The van der Waals surface area contributed by atoms with Gasteiger partial charge < -0.3 is 9.30 Å². The average molecular weight is 395 g/mol. The number of methoxy groups -OCH3 is 1. The van der Waals surface area contributed by atoms with Crippen molar-refractivity contribution in [3.8, 4) is 16.9 Å². The molecule has 2 heterocycles. The van der Waals surface area contributed by atoms with Crippen LogP contribution in [0.1, 0.15) is 17.7 Å². The Morgan fingerprint density at radius 3 is 2.32 bits per heavy atom. The number of hydrogen-bond donors (Lipinski definition) is 0. The van der Waals surface area contributed by atoms with Gasteiger partial charge in [0.25, 0.3) is 5.56 Å². The fourth-order valence-electron chi connectivity index (χ4n) is 3.93. The highest BCUT2D eigenvalue weighted by Gasteiger charge is 2.31. The van der Waals surface area contributed by atoms with E-state index in [1.54, 1.807) is 73.2 Å². The molecule has 4 rings (SSSR count). The average Bonchev–Trinajstić information content (AvgIpc) is 3.18. The summed E-state index contributed by atoms with van der Waals surface area (Å²) in [5, 5.41) is 0. The van der Waals surface area contributed by atoms with Crippen LogP contribution in [-0.2, 0) is 22.8 Å². The molecule has 0 radical (unpaired) electrons. The smallest absolute Gasteiger partial charge is 0.258 e. The minimum atomic E-state index is -3.74. The van der Waals surface area contributed by atoms with E-state index in [1.165, 1.54) is 0 Å². The zero-order valence-electron chi connectivity index (χ0n) is 15.8. The third-order valence-electron chi connectivity index (χ3n) is 5.26. The zero-order chi connectivity index (χ0) is 19.9. The molecule has 1 aromatic heterocycles. The van der Waals surface area contributed by atoms with Crippen LogP contribution in [0.25, 0.3) is 11.1 Å². The summed E-state index contributed by atoms with van der Waals surface area (Å²) in [6.45, 7) is 2.27. The zero-order valence-corrected chi connectivity index (χ0v) is 16.6. The highest BCUT2D eigenvalue weighted by molar-refractivity contribution is 7.91. The Balaban J connectivity index is 2.03. The van der Waals surface area contributed by atoms with Gasteiger partial charge in [0, 0.05) is 12.2 Å². The third-order valence-corrected chi connectivity index (χ3v) is 7.23. The molecule has 6 heteroatoms. The van der Waals surface area contributed by atoms with Crippen molar-refractivity contribution in [1.82, 2.24) is 4.57 Å². The summed E-state index contributed by atoms with van der Waals surface area (Å²) in [6.07, 6.45) is 1.35. The van der Waals surface area contributed by atoms with E-state index in [0.29, 0.717) is 41.1 Å². The molecule has 0 saturated carbocycles. The Kier molecular flexibility index (Phi) is 4.59. The summed E-state index contributed by atoms with van der Waals surface area (Å²) in [7, 11) is -2.16. The van der Waals surface area contributed by atoms with Crippen LogP contribution >= 0.6 is 0 Å². The van der Waals surface area contributed by atoms with Crippen molar-refractivity contribution in [2.45, 2.75) is 36.1 Å². The molecule has 0 saturated heterocycles. The molecule has 0 amide bonds. The second-order valence-corrected chi connectivity index (χ2v) is 8.77. The molecule has 0 unspecified atom stereocenters. The van der Waals surface area contributed by atoms with Crippen LogP contribution < -0.4 is 10.3 Å². The molecule has 0 aliphatic carbocycles. The van der Waals surface area contributed by atoms with Crippen molar-refractivity contribution in [1.29, 1.82) is 0 Å². The lowest BCUT2D eigenvalue weighted by Gasteiger charge is -2.18. The maximum Gasteiger partial charge on any atom is 0.258 e. The van der Waals surface area contributed by atoms with E-state index in [4.69, 9.17) is 4.74 Å². The molecule has 28 heavy (non-hydrogen) atoms. The van der Waals surface area contributed by atoms with E-state index in [-0.39, 0.29) is 15.4 Å². The summed E-state index contributed by atoms with van der Waals surface area (Å²) in [6, 6.07) is 15.5. The molecule has 144 valence electrons. The van der Waals surface area contributed by atoms with Crippen molar-refractivity contribution < 1.29 is 13.2 Å². The first-order valence-electron chi connectivity index (χ1n) is 9.16. The molecule has 0 bridgehead atoms. The van der Waals surface area contributed by atoms with Crippen LogP contribution in [0.15, 0.2) is 69.2 Å². The molecule has 5 nitrogen and oxygen atoms in total. The number of nitrogens with zero attached hydrogens (tertiary/aromatic N) is 1. The molecule has 0 atom stereocenters. The van der Waals surface area contributed by atoms with Gasteiger partial charge >= 0.3 is 0 Å².